The van der Waals surface area contributed by atoms with Crippen LogP contribution >= 0.6 is 0 Å². The molecule has 0 aliphatic carbocycles. The predicted octanol–water partition coefficient (Wildman–Crippen LogP) is 3.65. The molecule has 22 heavy (non-hydrogen) atoms. The summed E-state index contributed by atoms with van der Waals surface area (Å²) < 4.78 is 27.3. The average Bonchev–Trinajstić information content (AvgIpc) is 2.83. The number of benzene rings is 2. The fraction of sp³-hybridized carbons (Fsp3) is 0.333. The molecule has 116 valence electrons. The maximum Gasteiger partial charge on any atom is 0.243 e. The molecule has 3 rings (SSSR count). The van der Waals surface area contributed by atoms with Crippen LogP contribution in [0.2, 0.25) is 0 Å². The van der Waals surface area contributed by atoms with Gasteiger partial charge in [0, 0.05) is 13.1 Å². The van der Waals surface area contributed by atoms with Crippen molar-refractivity contribution in [1.82, 2.24) is 4.31 Å². The van der Waals surface area contributed by atoms with E-state index in [9.17, 15) is 8.42 Å². The Labute approximate surface area is 132 Å². The van der Waals surface area contributed by atoms with Gasteiger partial charge in [-0.3, -0.25) is 0 Å². The Balaban J connectivity index is 1.87. The summed E-state index contributed by atoms with van der Waals surface area (Å²) in [6, 6.07) is 19.0. The van der Waals surface area contributed by atoms with Gasteiger partial charge in [0.05, 0.1) is 4.90 Å². The fourth-order valence-corrected chi connectivity index (χ4v) is 4.61. The molecule has 0 spiro atoms. The molecule has 4 heteroatoms. The molecule has 3 nitrogen and oxygen atoms in total. The zero-order valence-electron chi connectivity index (χ0n) is 12.6. The van der Waals surface area contributed by atoms with Crippen molar-refractivity contribution in [3.05, 3.63) is 66.2 Å². The Hall–Kier alpha value is -1.65. The van der Waals surface area contributed by atoms with Crippen molar-refractivity contribution >= 4 is 10.0 Å². The van der Waals surface area contributed by atoms with Crippen LogP contribution in [-0.2, 0) is 10.0 Å². The molecule has 1 heterocycles. The molecule has 0 bridgehead atoms. The molecule has 0 saturated carbocycles. The molecule has 0 aromatic heterocycles. The molecule has 2 aromatic carbocycles. The molecular weight excluding hydrogens is 294 g/mol. The number of hydrogen-bond donors (Lipinski definition) is 0. The smallest absolute Gasteiger partial charge is 0.207 e. The summed E-state index contributed by atoms with van der Waals surface area (Å²) in [6.45, 7) is 1.18. The van der Waals surface area contributed by atoms with Gasteiger partial charge in [-0.2, -0.15) is 4.31 Å². The highest BCUT2D eigenvalue weighted by Gasteiger charge is 2.29. The van der Waals surface area contributed by atoms with Crippen LogP contribution in [0.5, 0.6) is 0 Å². The molecule has 1 aliphatic rings. The second-order valence-electron chi connectivity index (χ2n) is 5.78. The third-order valence-electron chi connectivity index (χ3n) is 4.29. The van der Waals surface area contributed by atoms with Crippen molar-refractivity contribution in [2.24, 2.45) is 0 Å². The Morgan fingerprint density at radius 2 is 1.50 bits per heavy atom. The average molecular weight is 315 g/mol. The highest BCUT2D eigenvalue weighted by molar-refractivity contribution is 7.89. The van der Waals surface area contributed by atoms with Crippen LogP contribution in [0.25, 0.3) is 0 Å². The lowest BCUT2D eigenvalue weighted by Gasteiger charge is -2.24. The first-order valence-corrected chi connectivity index (χ1v) is 9.22. The van der Waals surface area contributed by atoms with Crippen LogP contribution in [0.15, 0.2) is 65.6 Å². The molecular formula is C18H21NO2S. The first-order valence-electron chi connectivity index (χ1n) is 7.78. The summed E-state index contributed by atoms with van der Waals surface area (Å²) in [5.41, 5.74) is 1.23. The van der Waals surface area contributed by atoms with Gasteiger partial charge in [0.2, 0.25) is 10.0 Å². The van der Waals surface area contributed by atoms with E-state index in [2.05, 4.69) is 12.1 Å². The van der Waals surface area contributed by atoms with Gasteiger partial charge in [0.1, 0.15) is 0 Å². The molecule has 0 amide bonds. The van der Waals surface area contributed by atoms with Crippen molar-refractivity contribution in [2.45, 2.75) is 30.1 Å². The second-order valence-corrected chi connectivity index (χ2v) is 7.72. The first kappa shape index (κ1) is 15.3. The van der Waals surface area contributed by atoms with Gasteiger partial charge < -0.3 is 0 Å². The lowest BCUT2D eigenvalue weighted by molar-refractivity contribution is 0.406. The van der Waals surface area contributed by atoms with Crippen LogP contribution in [0, 0.1) is 0 Å². The van der Waals surface area contributed by atoms with Gasteiger partial charge in [-0.1, -0.05) is 55.0 Å². The molecule has 0 radical (unpaired) electrons. The minimum Gasteiger partial charge on any atom is -0.207 e. The summed E-state index contributed by atoms with van der Waals surface area (Å²) in [4.78, 5) is 0.392. The lowest BCUT2D eigenvalue weighted by Crippen LogP contribution is -2.34. The minimum absolute atomic E-state index is 0.280. The zero-order chi connectivity index (χ0) is 15.4. The van der Waals surface area contributed by atoms with Gasteiger partial charge in [-0.05, 0) is 36.5 Å². The maximum absolute atomic E-state index is 12.8. The van der Waals surface area contributed by atoms with E-state index in [1.54, 1.807) is 28.6 Å². The van der Waals surface area contributed by atoms with Crippen LogP contribution in [-0.4, -0.2) is 25.8 Å². The minimum atomic E-state index is -3.39. The quantitative estimate of drug-likeness (QED) is 0.867. The number of nitrogens with zero attached hydrogens (tertiary/aromatic N) is 1. The monoisotopic (exact) mass is 315 g/mol. The molecule has 1 atom stereocenters. The van der Waals surface area contributed by atoms with Gasteiger partial charge >= 0.3 is 0 Å². The molecule has 2 aromatic rings. The molecule has 1 unspecified atom stereocenters. The van der Waals surface area contributed by atoms with E-state index in [1.807, 2.05) is 24.3 Å². The van der Waals surface area contributed by atoms with Crippen molar-refractivity contribution in [2.75, 3.05) is 13.1 Å². The number of hydrogen-bond acceptors (Lipinski definition) is 2. The van der Waals surface area contributed by atoms with E-state index in [0.29, 0.717) is 18.0 Å². The van der Waals surface area contributed by atoms with Crippen molar-refractivity contribution in [3.8, 4) is 0 Å². The molecule has 0 N–H and O–H groups in total. The lowest BCUT2D eigenvalue weighted by atomic mass is 9.95. The SMILES string of the molecule is O=S(=O)(c1ccccc1)N1CCCCC(c2ccccc2)C1. The van der Waals surface area contributed by atoms with Gasteiger partial charge in [0.25, 0.3) is 0 Å². The van der Waals surface area contributed by atoms with E-state index in [0.717, 1.165) is 19.3 Å². The summed E-state index contributed by atoms with van der Waals surface area (Å²) in [5, 5.41) is 0. The summed E-state index contributed by atoms with van der Waals surface area (Å²) in [6.07, 6.45) is 3.04. The summed E-state index contributed by atoms with van der Waals surface area (Å²) >= 11 is 0. The van der Waals surface area contributed by atoms with Gasteiger partial charge in [-0.25, -0.2) is 8.42 Å². The normalized spacial score (nSPS) is 20.5. The number of sulfonamides is 1. The predicted molar refractivity (Wildman–Crippen MR) is 88.2 cm³/mol. The van der Waals surface area contributed by atoms with Crippen molar-refractivity contribution in [3.63, 3.8) is 0 Å². The zero-order valence-corrected chi connectivity index (χ0v) is 13.4. The third-order valence-corrected chi connectivity index (χ3v) is 6.17. The molecule has 1 fully saturated rings. The van der Waals surface area contributed by atoms with Gasteiger partial charge in [-0.15, -0.1) is 0 Å². The van der Waals surface area contributed by atoms with Crippen LogP contribution in [0.4, 0.5) is 0 Å². The largest absolute Gasteiger partial charge is 0.243 e. The van der Waals surface area contributed by atoms with Gasteiger partial charge in [0.15, 0.2) is 0 Å². The van der Waals surface area contributed by atoms with Crippen LogP contribution in [0.3, 0.4) is 0 Å². The van der Waals surface area contributed by atoms with Crippen LogP contribution in [0.1, 0.15) is 30.7 Å². The summed E-state index contributed by atoms with van der Waals surface area (Å²) in [5.74, 6) is 0.280. The van der Waals surface area contributed by atoms with Crippen molar-refractivity contribution in [1.29, 1.82) is 0 Å². The topological polar surface area (TPSA) is 37.4 Å². The fourth-order valence-electron chi connectivity index (χ4n) is 3.06. The molecule has 1 aliphatic heterocycles. The Morgan fingerprint density at radius 3 is 2.18 bits per heavy atom. The maximum atomic E-state index is 12.8. The highest BCUT2D eigenvalue weighted by atomic mass is 32.2. The van der Waals surface area contributed by atoms with Crippen molar-refractivity contribution < 1.29 is 8.42 Å². The Morgan fingerprint density at radius 1 is 0.864 bits per heavy atom. The second kappa shape index (κ2) is 6.63. The van der Waals surface area contributed by atoms with E-state index in [-0.39, 0.29) is 5.92 Å². The first-order chi connectivity index (χ1) is 10.7. The van der Waals surface area contributed by atoms with Crippen LogP contribution < -0.4 is 0 Å². The van der Waals surface area contributed by atoms with E-state index < -0.39 is 10.0 Å². The van der Waals surface area contributed by atoms with E-state index in [1.165, 1.54) is 5.56 Å². The standard InChI is InChI=1S/C18H21NO2S/c20-22(21,18-12-5-2-6-13-18)19-14-8-7-11-17(15-19)16-9-3-1-4-10-16/h1-6,9-10,12-13,17H,7-8,11,14-15H2. The number of rotatable bonds is 3. The molecule has 1 saturated heterocycles. The van der Waals surface area contributed by atoms with E-state index >= 15 is 0 Å². The van der Waals surface area contributed by atoms with E-state index in [4.69, 9.17) is 0 Å². The Kier molecular flexibility index (Phi) is 4.60. The Bertz CT molecular complexity index is 698. The third kappa shape index (κ3) is 3.23. The summed E-state index contributed by atoms with van der Waals surface area (Å²) in [7, 11) is -3.39. The highest BCUT2D eigenvalue weighted by Crippen LogP contribution is 2.29.